The second-order valence-electron chi connectivity index (χ2n) is 20.7. The van der Waals surface area contributed by atoms with E-state index in [1.165, 1.54) is 152 Å². The van der Waals surface area contributed by atoms with Crippen molar-refractivity contribution < 1.29 is 0 Å². The minimum Gasteiger partial charge on any atom is -0.309 e. The monoisotopic (exact) mass is 773 g/mol. The van der Waals surface area contributed by atoms with Gasteiger partial charge in [-0.15, -0.1) is 0 Å². The van der Waals surface area contributed by atoms with E-state index >= 15 is 0 Å². The van der Waals surface area contributed by atoms with Crippen molar-refractivity contribution in [3.05, 3.63) is 138 Å². The summed E-state index contributed by atoms with van der Waals surface area (Å²) >= 11 is 0. The standard InChI is InChI=1S/C57H47N3/c1-2-11-39(12-3-1)59-46-16-7-6-14-42(46)44-27-45-52-47(60-48-29-58-55-38-25-32-18-33(26-38)24-37(23-32)51(55)53(48)54(56(44)59)57(45)60)28-43(41-15-8-10-34-9-4-5-13-40(34)41)49-35-19-30-17-31(20-35)22-36(21-30)50(49)52/h1-16,27-33,35-38H,17-26H2. The summed E-state index contributed by atoms with van der Waals surface area (Å²) in [5, 5.41) is 11.5. The molecule has 0 spiro atoms. The number of hydrogen-bond acceptors (Lipinski definition) is 1. The number of hydrogen-bond donors (Lipinski definition) is 0. The van der Waals surface area contributed by atoms with Crippen LogP contribution < -0.4 is 0 Å². The smallest absolute Gasteiger partial charge is 0.0728 e. The Morgan fingerprint density at radius 1 is 0.417 bits per heavy atom. The van der Waals surface area contributed by atoms with Crippen LogP contribution in [-0.4, -0.2) is 14.0 Å². The molecule has 4 fully saturated rings. The molecule has 0 amide bonds. The summed E-state index contributed by atoms with van der Waals surface area (Å²) in [6.45, 7) is 0. The Morgan fingerprint density at radius 2 is 1.07 bits per heavy atom. The van der Waals surface area contributed by atoms with Crippen LogP contribution in [-0.2, 0) is 0 Å². The molecule has 4 saturated carbocycles. The van der Waals surface area contributed by atoms with Gasteiger partial charge in [0.25, 0.3) is 0 Å². The van der Waals surface area contributed by atoms with Crippen LogP contribution >= 0.6 is 0 Å². The Balaban J connectivity index is 1.16. The molecule has 8 bridgehead atoms. The van der Waals surface area contributed by atoms with E-state index in [0.717, 1.165) is 23.7 Å². The Labute approximate surface area is 349 Å². The fourth-order valence-corrected chi connectivity index (χ4v) is 16.0. The minimum atomic E-state index is 0.586. The van der Waals surface area contributed by atoms with Crippen molar-refractivity contribution in [3.63, 3.8) is 0 Å². The minimum absolute atomic E-state index is 0.586. The molecule has 6 aromatic carbocycles. The molecule has 290 valence electrons. The predicted molar refractivity (Wildman–Crippen MR) is 247 cm³/mol. The topological polar surface area (TPSA) is 22.2 Å². The van der Waals surface area contributed by atoms with Crippen molar-refractivity contribution in [2.45, 2.75) is 87.9 Å². The summed E-state index contributed by atoms with van der Waals surface area (Å²) in [6.07, 6.45) is 16.0. The quantitative estimate of drug-likeness (QED) is 0.171. The van der Waals surface area contributed by atoms with Gasteiger partial charge in [-0.2, -0.15) is 0 Å². The molecule has 10 aromatic rings. The summed E-state index contributed by atoms with van der Waals surface area (Å²) < 4.78 is 5.40. The van der Waals surface area contributed by atoms with Crippen molar-refractivity contribution in [1.82, 2.24) is 14.0 Å². The van der Waals surface area contributed by atoms with E-state index in [-0.39, 0.29) is 0 Å². The van der Waals surface area contributed by atoms with Gasteiger partial charge in [0.1, 0.15) is 0 Å². The van der Waals surface area contributed by atoms with Gasteiger partial charge in [-0.25, -0.2) is 0 Å². The molecule has 0 saturated heterocycles. The summed E-state index contributed by atoms with van der Waals surface area (Å²) in [5.41, 5.74) is 17.5. The van der Waals surface area contributed by atoms with Crippen LogP contribution in [0.5, 0.6) is 0 Å². The summed E-state index contributed by atoms with van der Waals surface area (Å²) in [4.78, 5) is 5.67. The second kappa shape index (κ2) is 11.2. The molecule has 3 heteroatoms. The molecule has 0 N–H and O–H groups in total. The zero-order valence-corrected chi connectivity index (χ0v) is 34.0. The van der Waals surface area contributed by atoms with Gasteiger partial charge in [-0.1, -0.05) is 78.9 Å². The second-order valence-corrected chi connectivity index (χ2v) is 20.7. The number of rotatable bonds is 2. The molecule has 0 aliphatic heterocycles. The highest BCUT2D eigenvalue weighted by Crippen LogP contribution is 2.63. The number of benzene rings is 6. The normalized spacial score (nSPS) is 27.7. The molecular weight excluding hydrogens is 727 g/mol. The van der Waals surface area contributed by atoms with Gasteiger partial charge in [0.2, 0.25) is 0 Å². The fourth-order valence-electron chi connectivity index (χ4n) is 16.0. The molecule has 3 nitrogen and oxygen atoms in total. The number of fused-ring (bicyclic) bond motifs is 11. The van der Waals surface area contributed by atoms with E-state index < -0.39 is 0 Å². The number of pyridine rings is 1. The number of nitrogens with zero attached hydrogens (tertiary/aromatic N) is 3. The lowest BCUT2D eigenvalue weighted by Gasteiger charge is -2.38. The van der Waals surface area contributed by atoms with E-state index in [0.29, 0.717) is 23.7 Å². The van der Waals surface area contributed by atoms with Crippen molar-refractivity contribution in [1.29, 1.82) is 0 Å². The van der Waals surface area contributed by atoms with Crippen LogP contribution in [0, 0.1) is 23.7 Å². The van der Waals surface area contributed by atoms with Crippen LogP contribution in [0.2, 0.25) is 0 Å². The molecule has 0 radical (unpaired) electrons. The van der Waals surface area contributed by atoms with Gasteiger partial charge >= 0.3 is 0 Å². The Hall–Kier alpha value is -5.67. The van der Waals surface area contributed by atoms with Crippen LogP contribution in [0.25, 0.3) is 87.5 Å². The molecule has 8 aliphatic carbocycles. The van der Waals surface area contributed by atoms with Gasteiger partial charge in [-0.3, -0.25) is 4.98 Å². The maximum absolute atomic E-state index is 5.67. The first-order valence-electron chi connectivity index (χ1n) is 23.4. The largest absolute Gasteiger partial charge is 0.309 e. The first-order valence-corrected chi connectivity index (χ1v) is 23.4. The summed E-state index contributed by atoms with van der Waals surface area (Å²) in [5.74, 6) is 5.77. The van der Waals surface area contributed by atoms with Gasteiger partial charge in [0.05, 0.1) is 33.8 Å². The molecule has 4 heterocycles. The van der Waals surface area contributed by atoms with Crippen molar-refractivity contribution >= 4 is 70.7 Å². The van der Waals surface area contributed by atoms with E-state index in [4.69, 9.17) is 4.98 Å². The van der Waals surface area contributed by atoms with Crippen LogP contribution in [0.4, 0.5) is 0 Å². The van der Waals surface area contributed by atoms with E-state index in [9.17, 15) is 0 Å². The average molecular weight is 774 g/mol. The van der Waals surface area contributed by atoms with Gasteiger partial charge in [-0.05, 0) is 175 Å². The maximum atomic E-state index is 5.67. The molecule has 18 rings (SSSR count). The summed E-state index contributed by atoms with van der Waals surface area (Å²) in [6, 6.07) is 42.1. The SMILES string of the molecule is c1ccc(-n2c3ccccc3c3cc4c5c6c(c(-c7cccc8ccccc78)cc5n5c7cnc8c(c7c(c32)c45)C2CC3CC(CC8C3)C2)C2CC3CC(C2)CC6C3)cc1. The lowest BCUT2D eigenvalue weighted by Crippen LogP contribution is -2.25. The highest BCUT2D eigenvalue weighted by Gasteiger charge is 2.47. The summed E-state index contributed by atoms with van der Waals surface area (Å²) in [7, 11) is 0. The highest BCUT2D eigenvalue weighted by atomic mass is 15.0. The van der Waals surface area contributed by atoms with Crippen molar-refractivity contribution in [3.8, 4) is 16.8 Å². The molecule has 4 atom stereocenters. The van der Waals surface area contributed by atoms with Gasteiger partial charge in [0, 0.05) is 49.6 Å². The fraction of sp³-hybridized carbons (Fsp3) is 0.316. The molecule has 4 aromatic heterocycles. The lowest BCUT2D eigenvalue weighted by molar-refractivity contribution is 0.165. The van der Waals surface area contributed by atoms with Gasteiger partial charge in [0.15, 0.2) is 0 Å². The number of para-hydroxylation sites is 2. The highest BCUT2D eigenvalue weighted by molar-refractivity contribution is 6.35. The first kappa shape index (κ1) is 32.1. The third-order valence-electron chi connectivity index (χ3n) is 17.7. The van der Waals surface area contributed by atoms with Crippen molar-refractivity contribution in [2.24, 2.45) is 23.7 Å². The Morgan fingerprint density at radius 3 is 1.85 bits per heavy atom. The van der Waals surface area contributed by atoms with E-state index in [2.05, 4.69) is 124 Å². The maximum Gasteiger partial charge on any atom is 0.0728 e. The third-order valence-corrected chi connectivity index (χ3v) is 17.7. The van der Waals surface area contributed by atoms with Crippen molar-refractivity contribution in [2.75, 3.05) is 0 Å². The predicted octanol–water partition coefficient (Wildman–Crippen LogP) is 14.9. The molecular formula is C57H47N3. The van der Waals surface area contributed by atoms with Crippen LogP contribution in [0.15, 0.2) is 115 Å². The number of aromatic nitrogens is 3. The first-order chi connectivity index (χ1) is 29.7. The Bertz CT molecular complexity index is 3480. The zero-order valence-electron chi connectivity index (χ0n) is 34.0. The van der Waals surface area contributed by atoms with E-state index in [1.54, 1.807) is 22.1 Å². The lowest BCUT2D eigenvalue weighted by atomic mass is 9.67. The molecule has 60 heavy (non-hydrogen) atoms. The van der Waals surface area contributed by atoms with Crippen LogP contribution in [0.1, 0.15) is 110 Å². The van der Waals surface area contributed by atoms with E-state index in [1.807, 2.05) is 0 Å². The zero-order chi connectivity index (χ0) is 38.5. The Kier molecular flexibility index (Phi) is 5.99. The van der Waals surface area contributed by atoms with Gasteiger partial charge < -0.3 is 8.97 Å². The molecule has 4 unspecified atom stereocenters. The average Bonchev–Trinajstić information content (AvgIpc) is 3.82. The van der Waals surface area contributed by atoms with Crippen LogP contribution in [0.3, 0.4) is 0 Å². The third kappa shape index (κ3) is 3.93. The molecule has 8 aliphatic rings.